The Morgan fingerprint density at radius 3 is 1.47 bits per heavy atom. The fraction of sp³-hybridized carbons (Fsp3) is 0.414. The number of para-hydroxylation sites is 3. The number of halogens is 1. The van der Waals surface area contributed by atoms with Crippen LogP contribution in [0.25, 0.3) is 22.5 Å². The predicted molar refractivity (Wildman–Crippen MR) is 482 cm³/mol. The predicted octanol–water partition coefficient (Wildman–Crippen LogP) is 10.3. The summed E-state index contributed by atoms with van der Waals surface area (Å²) < 4.78 is 68.2. The first-order valence-electron chi connectivity index (χ1n) is 40.6. The molecule has 0 atom stereocenters. The van der Waals surface area contributed by atoms with Crippen molar-refractivity contribution < 1.29 is 106 Å². The highest BCUT2D eigenvalue weighted by Crippen LogP contribution is 2.39. The Hall–Kier alpha value is -13.0. The minimum Gasteiger partial charge on any atom is -0.506 e. The number of ether oxygens (including phenoxy) is 10. The Morgan fingerprint density at radius 1 is 0.527 bits per heavy atom. The second-order valence-electron chi connectivity index (χ2n) is 32.7. The molecule has 2 aliphatic heterocycles. The summed E-state index contributed by atoms with van der Waals surface area (Å²) in [4.78, 5) is 118. The van der Waals surface area contributed by atoms with E-state index in [0.29, 0.717) is 91.4 Å². The van der Waals surface area contributed by atoms with E-state index >= 15 is 0 Å². The lowest BCUT2D eigenvalue weighted by Crippen LogP contribution is -2.41. The van der Waals surface area contributed by atoms with Crippen molar-refractivity contribution >= 4 is 99.0 Å². The van der Waals surface area contributed by atoms with E-state index in [0.717, 1.165) is 5.46 Å². The van der Waals surface area contributed by atoms with Crippen molar-refractivity contribution in [3.05, 3.63) is 167 Å². The number of nitrogen functional groups attached to an aromatic ring is 3. The number of anilines is 6. The molecule has 0 aliphatic carbocycles. The number of aromatic nitrogens is 9. The number of nitrogens with one attached hydrogen (secondary N) is 3. The number of carbonyl (C=O) groups is 6. The Morgan fingerprint density at radius 2 is 0.969 bits per heavy atom. The van der Waals surface area contributed by atoms with Crippen LogP contribution in [0.5, 0.6) is 34.5 Å². The van der Waals surface area contributed by atoms with E-state index in [4.69, 9.17) is 84.1 Å². The maximum Gasteiger partial charge on any atom is 0.496 e. The summed E-state index contributed by atoms with van der Waals surface area (Å²) in [6.45, 7) is 26.3. The standard InChI is InChI=1S/C27H34N6O7.C27H32N6O6.C22H30BrN5O6.C11H16BNO3/c1-27(2,3)40-26(37)33(4)16-17-6-5-7-20(23(17)39-11-10-38-9-8-34)32-25(36)22-24(28)30-15-21(31-22)18-12-19(35)14-29-13-18;1-27(2,3)39-26(35)33(4)16-17-6-5-7-20-23(17)38-11-9-36-8-10-37-19-12-18(13-29-14-19)21-15-30-24(28)22(31-21)25(34)32-20;1-22(2,3)34-21(31)28(4)13-14-6-5-7-15(18(14)33-11-10-32-9-8-29)26-20(30)17-19(24)25-12-16(23)27-17;1-10(2)11(3,4)16-12(15-10)8-5-9(14)7-13-6-8/h5-7,12-15,34-35H,8-11,16H2,1-4H3,(H2,28,30)(H,32,36);5-7,12-15H,8-11,16H2,1-4H3,(H2,28,30)(H,32,34);5-7,12,29H,8-11,13H2,1-4H3,(H2,24,25)(H,26,30);5-7,14H,1-4H3. The Kier molecular flexibility index (Phi) is 36.7. The number of fused-ring (bicyclic) bond motifs is 6. The van der Waals surface area contributed by atoms with Gasteiger partial charge in [-0.1, -0.05) is 36.4 Å². The molecule has 129 heavy (non-hydrogen) atoms. The fourth-order valence-electron chi connectivity index (χ4n) is 11.4. The highest BCUT2D eigenvalue weighted by Gasteiger charge is 2.52. The Bertz CT molecular complexity index is 5300. The molecule has 8 heterocycles. The molecule has 11 rings (SSSR count). The van der Waals surface area contributed by atoms with Crippen molar-refractivity contribution in [3.8, 4) is 57.0 Å². The number of amides is 6. The lowest BCUT2D eigenvalue weighted by Gasteiger charge is -2.32. The smallest absolute Gasteiger partial charge is 0.496 e. The average Bonchev–Trinajstić information content (AvgIpc) is 1.63. The molecule has 9 aromatic rings. The molecule has 0 unspecified atom stereocenters. The molecule has 2 aliphatic rings. The number of aliphatic hydroxyl groups excluding tert-OH is 2. The number of nitrogens with two attached hydrogens (primary N) is 3. The zero-order chi connectivity index (χ0) is 94.6. The van der Waals surface area contributed by atoms with Crippen LogP contribution in [-0.4, -0.2) is 252 Å². The molecule has 692 valence electrons. The first kappa shape index (κ1) is 101. The van der Waals surface area contributed by atoms with Gasteiger partial charge < -0.3 is 125 Å². The van der Waals surface area contributed by atoms with Crippen LogP contribution in [0.1, 0.15) is 138 Å². The molecule has 0 saturated carbocycles. The van der Waals surface area contributed by atoms with E-state index in [1.54, 1.807) is 169 Å². The lowest BCUT2D eigenvalue weighted by molar-refractivity contribution is 0.00578. The number of pyridine rings is 3. The maximum atomic E-state index is 13.3. The number of rotatable bonds is 24. The molecule has 42 heteroatoms. The second kappa shape index (κ2) is 46.7. The van der Waals surface area contributed by atoms with Crippen molar-refractivity contribution in [2.75, 3.05) is 134 Å². The SMILES string of the molecule is CC1(C)OB(c2cncc(O)c2)OC1(C)C.CN(Cc1cccc(NC(=O)c2nc(-c3cncc(O)c3)cnc2N)c1OCCOCCO)C(=O)OC(C)(C)C.CN(Cc1cccc(NC(=O)c2nc(Br)cnc2N)c1OCCOCCO)C(=O)OC(C)(C)C.CN(Cc1cccc2c1OCCOCCOc1cncc(c1)-c1cnc(N)c(n1)C(=O)N2)C(=O)OC(C)(C)C. The number of aromatic hydroxyl groups is 2. The average molecular weight is 1850 g/mol. The summed E-state index contributed by atoms with van der Waals surface area (Å²) in [5, 5.41) is 45.2. The molecule has 6 aromatic heterocycles. The molecule has 3 aromatic carbocycles. The van der Waals surface area contributed by atoms with Crippen LogP contribution < -0.4 is 57.6 Å². The van der Waals surface area contributed by atoms with Gasteiger partial charge in [0, 0.05) is 73.0 Å². The van der Waals surface area contributed by atoms with Crippen LogP contribution in [0.3, 0.4) is 0 Å². The number of aliphatic hydroxyl groups is 2. The topological polar surface area (TPSA) is 534 Å². The van der Waals surface area contributed by atoms with E-state index in [1.165, 1.54) is 57.9 Å². The first-order chi connectivity index (χ1) is 60.9. The van der Waals surface area contributed by atoms with E-state index in [-0.39, 0.29) is 149 Å². The molecule has 40 nitrogen and oxygen atoms in total. The Labute approximate surface area is 755 Å². The number of carbonyl (C=O) groups excluding carboxylic acids is 6. The van der Waals surface area contributed by atoms with Crippen molar-refractivity contribution in [3.63, 3.8) is 0 Å². The largest absolute Gasteiger partial charge is 0.506 e. The van der Waals surface area contributed by atoms with Crippen LogP contribution in [0.2, 0.25) is 0 Å². The monoisotopic (exact) mass is 1850 g/mol. The van der Waals surface area contributed by atoms with Gasteiger partial charge in [-0.05, 0) is 142 Å². The zero-order valence-electron chi connectivity index (χ0n) is 74.9. The van der Waals surface area contributed by atoms with Gasteiger partial charge in [-0.25, -0.2) is 44.3 Å². The quantitative estimate of drug-likeness (QED) is 0.0153. The molecular formula is C87H112BBrN18O22. The van der Waals surface area contributed by atoms with Gasteiger partial charge in [0.2, 0.25) is 0 Å². The van der Waals surface area contributed by atoms with Gasteiger partial charge in [0.05, 0.1) is 149 Å². The molecule has 6 amide bonds. The van der Waals surface area contributed by atoms with Crippen molar-refractivity contribution in [2.24, 2.45) is 0 Å². The van der Waals surface area contributed by atoms with E-state index < -0.39 is 59.9 Å². The third-order valence-corrected chi connectivity index (χ3v) is 18.5. The second-order valence-corrected chi connectivity index (χ2v) is 33.6. The number of hydrogen-bond donors (Lipinski definition) is 10. The normalized spacial score (nSPS) is 13.4. The minimum atomic E-state index is -0.672. The van der Waals surface area contributed by atoms with E-state index in [1.807, 2.05) is 27.7 Å². The first-order valence-corrected chi connectivity index (χ1v) is 41.4. The minimum absolute atomic E-state index is 0.0265. The summed E-state index contributed by atoms with van der Waals surface area (Å²) in [6, 6.07) is 20.3. The molecule has 4 bridgehead atoms. The molecule has 1 fully saturated rings. The molecule has 0 spiro atoms. The summed E-state index contributed by atoms with van der Waals surface area (Å²) >= 11 is 3.18. The Balaban J connectivity index is 0.000000220. The van der Waals surface area contributed by atoms with Gasteiger partial charge in [-0.2, -0.15) is 0 Å². The number of nitrogens with zero attached hydrogens (tertiary/aromatic N) is 12. The summed E-state index contributed by atoms with van der Waals surface area (Å²) in [6.07, 6.45) is 11.6. The van der Waals surface area contributed by atoms with E-state index in [9.17, 15) is 39.0 Å². The van der Waals surface area contributed by atoms with Crippen molar-refractivity contribution in [1.82, 2.24) is 59.6 Å². The highest BCUT2D eigenvalue weighted by atomic mass is 79.9. The van der Waals surface area contributed by atoms with Crippen LogP contribution >= 0.6 is 15.9 Å². The number of benzene rings is 3. The van der Waals surface area contributed by atoms with Crippen molar-refractivity contribution in [1.29, 1.82) is 0 Å². The summed E-state index contributed by atoms with van der Waals surface area (Å²) in [5.41, 5.74) is 20.2. The van der Waals surface area contributed by atoms with Gasteiger partial charge in [0.25, 0.3) is 17.7 Å². The van der Waals surface area contributed by atoms with Gasteiger partial charge in [0.15, 0.2) is 34.5 Å². The zero-order valence-corrected chi connectivity index (χ0v) is 76.5. The fourth-order valence-corrected chi connectivity index (χ4v) is 11.7. The van der Waals surface area contributed by atoms with Gasteiger partial charge in [0.1, 0.15) is 82.3 Å². The highest BCUT2D eigenvalue weighted by molar-refractivity contribution is 9.10. The lowest BCUT2D eigenvalue weighted by atomic mass is 9.80. The number of hydrogen-bond acceptors (Lipinski definition) is 34. The third-order valence-electron chi connectivity index (χ3n) is 18.1. The molecular weight excluding hydrogens is 1740 g/mol. The third kappa shape index (κ3) is 31.5. The van der Waals surface area contributed by atoms with E-state index in [2.05, 4.69) is 76.7 Å². The summed E-state index contributed by atoms with van der Waals surface area (Å²) in [5.74, 6) is -0.375. The van der Waals surface area contributed by atoms with Gasteiger partial charge in [-0.3, -0.25) is 29.3 Å². The molecule has 0 radical (unpaired) electrons. The van der Waals surface area contributed by atoms with Crippen LogP contribution in [0, 0.1) is 0 Å². The van der Waals surface area contributed by atoms with Crippen LogP contribution in [-0.2, 0) is 57.4 Å². The van der Waals surface area contributed by atoms with Gasteiger partial charge >= 0.3 is 25.4 Å². The van der Waals surface area contributed by atoms with Crippen molar-refractivity contribution in [2.45, 2.75) is 138 Å². The van der Waals surface area contributed by atoms with Gasteiger partial charge in [-0.15, -0.1) is 0 Å². The molecule has 13 N–H and O–H groups in total. The summed E-state index contributed by atoms with van der Waals surface area (Å²) in [7, 11) is 4.35. The molecule has 1 saturated heterocycles. The van der Waals surface area contributed by atoms with Crippen LogP contribution in [0.15, 0.2) is 133 Å². The maximum absolute atomic E-state index is 13.3. The van der Waals surface area contributed by atoms with Crippen LogP contribution in [0.4, 0.5) is 48.9 Å².